The predicted molar refractivity (Wildman–Crippen MR) is 57.7 cm³/mol. The summed E-state index contributed by atoms with van der Waals surface area (Å²) in [4.78, 5) is 0. The SMILES string of the molecule is Fc1ccc(-[n+]2coc3ccccc32)cc1. The van der Waals surface area contributed by atoms with Gasteiger partial charge in [-0.15, -0.1) is 4.57 Å². The second-order valence-corrected chi connectivity index (χ2v) is 3.54. The van der Waals surface area contributed by atoms with Crippen LogP contribution in [0.2, 0.25) is 0 Å². The third kappa shape index (κ3) is 1.37. The van der Waals surface area contributed by atoms with Crippen LogP contribution < -0.4 is 4.57 Å². The van der Waals surface area contributed by atoms with Gasteiger partial charge in [-0.3, -0.25) is 0 Å². The van der Waals surface area contributed by atoms with Gasteiger partial charge in [0, 0.05) is 18.2 Å². The molecular formula is C13H9FNO+. The smallest absolute Gasteiger partial charge is 0.341 e. The molecule has 0 aliphatic heterocycles. The molecule has 1 heterocycles. The maximum atomic E-state index is 12.8. The Hall–Kier alpha value is -2.16. The number of nitrogens with zero attached hydrogens (tertiary/aromatic N) is 1. The number of para-hydroxylation sites is 2. The lowest BCUT2D eigenvalue weighted by molar-refractivity contribution is -0.573. The molecule has 0 aliphatic carbocycles. The fourth-order valence-electron chi connectivity index (χ4n) is 1.72. The van der Waals surface area contributed by atoms with Crippen LogP contribution in [-0.4, -0.2) is 0 Å². The Bertz CT molecular complexity index is 628. The van der Waals surface area contributed by atoms with Crippen molar-refractivity contribution in [3.05, 3.63) is 60.7 Å². The largest absolute Gasteiger partial charge is 0.403 e. The Morgan fingerprint density at radius 2 is 1.69 bits per heavy atom. The molecule has 78 valence electrons. The fourth-order valence-corrected chi connectivity index (χ4v) is 1.72. The summed E-state index contributed by atoms with van der Waals surface area (Å²) in [7, 11) is 0. The molecule has 16 heavy (non-hydrogen) atoms. The lowest BCUT2D eigenvalue weighted by Crippen LogP contribution is -2.27. The van der Waals surface area contributed by atoms with Crippen molar-refractivity contribution in [2.75, 3.05) is 0 Å². The molecule has 3 aromatic rings. The zero-order valence-corrected chi connectivity index (χ0v) is 8.43. The molecule has 0 bridgehead atoms. The first-order chi connectivity index (χ1) is 7.84. The molecule has 0 aliphatic rings. The van der Waals surface area contributed by atoms with E-state index in [1.54, 1.807) is 18.5 Å². The van der Waals surface area contributed by atoms with Gasteiger partial charge in [0.25, 0.3) is 5.52 Å². The molecular weight excluding hydrogens is 205 g/mol. The number of halogens is 1. The third-order valence-electron chi connectivity index (χ3n) is 2.51. The number of hydrogen-bond acceptors (Lipinski definition) is 1. The van der Waals surface area contributed by atoms with E-state index in [-0.39, 0.29) is 5.82 Å². The predicted octanol–water partition coefficient (Wildman–Crippen LogP) is 2.85. The molecule has 2 aromatic carbocycles. The first kappa shape index (κ1) is 9.09. The van der Waals surface area contributed by atoms with Crippen LogP contribution >= 0.6 is 0 Å². The van der Waals surface area contributed by atoms with Crippen molar-refractivity contribution in [3.63, 3.8) is 0 Å². The maximum Gasteiger partial charge on any atom is 0.341 e. The van der Waals surface area contributed by atoms with Gasteiger partial charge in [-0.1, -0.05) is 12.1 Å². The van der Waals surface area contributed by atoms with Crippen LogP contribution in [0.25, 0.3) is 16.8 Å². The van der Waals surface area contributed by atoms with E-state index >= 15 is 0 Å². The second kappa shape index (κ2) is 3.45. The number of fused-ring (bicyclic) bond motifs is 1. The van der Waals surface area contributed by atoms with E-state index in [2.05, 4.69) is 0 Å². The quantitative estimate of drug-likeness (QED) is 0.569. The third-order valence-corrected chi connectivity index (χ3v) is 2.51. The molecule has 0 saturated carbocycles. The van der Waals surface area contributed by atoms with Crippen LogP contribution in [0.5, 0.6) is 0 Å². The van der Waals surface area contributed by atoms with Crippen molar-refractivity contribution in [1.29, 1.82) is 0 Å². The molecule has 0 unspecified atom stereocenters. The Morgan fingerprint density at radius 1 is 0.938 bits per heavy atom. The summed E-state index contributed by atoms with van der Waals surface area (Å²) >= 11 is 0. The van der Waals surface area contributed by atoms with Crippen molar-refractivity contribution in [2.45, 2.75) is 0 Å². The number of rotatable bonds is 1. The zero-order valence-electron chi connectivity index (χ0n) is 8.43. The minimum Gasteiger partial charge on any atom is -0.403 e. The molecule has 1 aromatic heterocycles. The molecule has 0 fully saturated rings. The summed E-state index contributed by atoms with van der Waals surface area (Å²) in [5.41, 5.74) is 2.66. The Morgan fingerprint density at radius 3 is 2.50 bits per heavy atom. The Kier molecular flexibility index (Phi) is 1.96. The molecule has 0 N–H and O–H groups in total. The van der Waals surface area contributed by atoms with Crippen LogP contribution in [-0.2, 0) is 0 Å². The number of oxazole rings is 1. The molecule has 0 atom stereocenters. The minimum absolute atomic E-state index is 0.239. The summed E-state index contributed by atoms with van der Waals surface area (Å²) in [6.07, 6.45) is 1.62. The number of aromatic nitrogens is 1. The van der Waals surface area contributed by atoms with Gasteiger partial charge in [-0.2, -0.15) is 0 Å². The maximum absolute atomic E-state index is 12.8. The van der Waals surface area contributed by atoms with E-state index in [9.17, 15) is 4.39 Å². The van der Waals surface area contributed by atoms with Crippen molar-refractivity contribution >= 4 is 11.1 Å². The van der Waals surface area contributed by atoms with Crippen LogP contribution in [0.3, 0.4) is 0 Å². The van der Waals surface area contributed by atoms with Crippen LogP contribution in [0.4, 0.5) is 4.39 Å². The second-order valence-electron chi connectivity index (χ2n) is 3.54. The molecule has 0 radical (unpaired) electrons. The van der Waals surface area contributed by atoms with E-state index < -0.39 is 0 Å². The lowest BCUT2D eigenvalue weighted by atomic mass is 10.3. The zero-order chi connectivity index (χ0) is 11.0. The van der Waals surface area contributed by atoms with E-state index in [0.29, 0.717) is 0 Å². The molecule has 0 saturated heterocycles. The van der Waals surface area contributed by atoms with E-state index in [0.717, 1.165) is 16.8 Å². The monoisotopic (exact) mass is 214 g/mol. The average molecular weight is 214 g/mol. The lowest BCUT2D eigenvalue weighted by Gasteiger charge is -1.91. The molecule has 0 amide bonds. The highest BCUT2D eigenvalue weighted by atomic mass is 19.1. The van der Waals surface area contributed by atoms with Crippen LogP contribution in [0.1, 0.15) is 0 Å². The summed E-state index contributed by atoms with van der Waals surface area (Å²) in [5, 5.41) is 0. The van der Waals surface area contributed by atoms with E-state index in [4.69, 9.17) is 4.42 Å². The van der Waals surface area contributed by atoms with Gasteiger partial charge in [0.15, 0.2) is 0 Å². The van der Waals surface area contributed by atoms with Gasteiger partial charge in [-0.05, 0) is 18.2 Å². The summed E-state index contributed by atoms with van der Waals surface area (Å²) in [6.45, 7) is 0. The van der Waals surface area contributed by atoms with Crippen LogP contribution in [0.15, 0.2) is 59.3 Å². The minimum atomic E-state index is -0.239. The highest BCUT2D eigenvalue weighted by Gasteiger charge is 2.14. The summed E-state index contributed by atoms with van der Waals surface area (Å²) in [5.74, 6) is -0.239. The molecule has 2 nitrogen and oxygen atoms in total. The summed E-state index contributed by atoms with van der Waals surface area (Å²) in [6, 6.07) is 14.0. The topological polar surface area (TPSA) is 17.0 Å². The van der Waals surface area contributed by atoms with Gasteiger partial charge < -0.3 is 4.42 Å². The van der Waals surface area contributed by atoms with Gasteiger partial charge >= 0.3 is 6.39 Å². The Balaban J connectivity index is 2.22. The average Bonchev–Trinajstić information content (AvgIpc) is 2.74. The standard InChI is InChI=1S/C13H9FNO/c14-10-5-7-11(8-6-10)15-9-16-13-4-2-1-3-12(13)15/h1-9H/q+1. The van der Waals surface area contributed by atoms with Gasteiger partial charge in [-0.25, -0.2) is 4.39 Å². The Labute approximate surface area is 91.6 Å². The first-order valence-corrected chi connectivity index (χ1v) is 4.98. The van der Waals surface area contributed by atoms with Crippen molar-refractivity contribution in [1.82, 2.24) is 0 Å². The van der Waals surface area contributed by atoms with E-state index in [1.165, 1.54) is 12.1 Å². The highest BCUT2D eigenvalue weighted by Crippen LogP contribution is 2.12. The molecule has 3 heteroatoms. The fraction of sp³-hybridized carbons (Fsp3) is 0. The van der Waals surface area contributed by atoms with Crippen LogP contribution in [0, 0.1) is 5.82 Å². The summed E-state index contributed by atoms with van der Waals surface area (Å²) < 4.78 is 20.1. The molecule has 0 spiro atoms. The van der Waals surface area contributed by atoms with E-state index in [1.807, 2.05) is 28.8 Å². The number of benzene rings is 2. The van der Waals surface area contributed by atoms with Gasteiger partial charge in [0.2, 0.25) is 11.3 Å². The van der Waals surface area contributed by atoms with Crippen molar-refractivity contribution in [2.24, 2.45) is 0 Å². The van der Waals surface area contributed by atoms with Crippen molar-refractivity contribution < 1.29 is 13.4 Å². The van der Waals surface area contributed by atoms with Gasteiger partial charge in [0.05, 0.1) is 0 Å². The first-order valence-electron chi connectivity index (χ1n) is 4.98. The number of hydrogen-bond donors (Lipinski definition) is 0. The van der Waals surface area contributed by atoms with Gasteiger partial charge in [0.1, 0.15) is 5.82 Å². The molecule has 3 rings (SSSR count). The normalized spacial score (nSPS) is 10.8. The van der Waals surface area contributed by atoms with Crippen molar-refractivity contribution in [3.8, 4) is 5.69 Å². The highest BCUT2D eigenvalue weighted by molar-refractivity contribution is 5.68.